The van der Waals surface area contributed by atoms with Gasteiger partial charge in [0.05, 0.1) is 11.0 Å². The number of rotatable bonds is 2. The van der Waals surface area contributed by atoms with E-state index in [1.165, 1.54) is 6.42 Å². The number of hydrogen-bond acceptors (Lipinski definition) is 3. The maximum absolute atomic E-state index is 12.9. The van der Waals surface area contributed by atoms with E-state index in [-0.39, 0.29) is 5.91 Å². The van der Waals surface area contributed by atoms with Gasteiger partial charge in [-0.05, 0) is 37.5 Å². The molecule has 0 aliphatic carbocycles. The molecule has 5 nitrogen and oxygen atoms in total. The van der Waals surface area contributed by atoms with Crippen molar-refractivity contribution in [3.8, 4) is 11.3 Å². The van der Waals surface area contributed by atoms with Gasteiger partial charge in [0, 0.05) is 36.6 Å². The molecular formula is C22H20N4O. The molecule has 5 heteroatoms. The molecule has 0 saturated carbocycles. The molecule has 2 aromatic carbocycles. The molecule has 0 N–H and O–H groups in total. The molecule has 134 valence electrons. The summed E-state index contributed by atoms with van der Waals surface area (Å²) in [6.45, 7) is 1.69. The first kappa shape index (κ1) is 16.0. The molecule has 1 fully saturated rings. The number of benzene rings is 2. The monoisotopic (exact) mass is 356 g/mol. The van der Waals surface area contributed by atoms with E-state index in [2.05, 4.69) is 4.98 Å². The van der Waals surface area contributed by atoms with Crippen molar-refractivity contribution in [1.29, 1.82) is 0 Å². The molecule has 0 atom stereocenters. The van der Waals surface area contributed by atoms with Gasteiger partial charge in [-0.15, -0.1) is 0 Å². The normalized spacial score (nSPS) is 14.7. The highest BCUT2D eigenvalue weighted by molar-refractivity contribution is 5.98. The van der Waals surface area contributed by atoms with Gasteiger partial charge in [0.1, 0.15) is 5.69 Å². The highest BCUT2D eigenvalue weighted by atomic mass is 16.2. The maximum Gasteiger partial charge on any atom is 0.253 e. The lowest BCUT2D eigenvalue weighted by atomic mass is 10.1. The topological polar surface area (TPSA) is 50.5 Å². The molecule has 1 amide bonds. The zero-order chi connectivity index (χ0) is 18.2. The maximum atomic E-state index is 12.9. The largest absolute Gasteiger partial charge is 0.339 e. The van der Waals surface area contributed by atoms with E-state index in [0.29, 0.717) is 5.56 Å². The van der Waals surface area contributed by atoms with Gasteiger partial charge in [0.15, 0.2) is 5.65 Å². The summed E-state index contributed by atoms with van der Waals surface area (Å²) >= 11 is 0. The van der Waals surface area contributed by atoms with Crippen molar-refractivity contribution in [3.63, 3.8) is 0 Å². The van der Waals surface area contributed by atoms with Crippen LogP contribution in [0.4, 0.5) is 0 Å². The summed E-state index contributed by atoms with van der Waals surface area (Å²) in [5.74, 6) is 0.102. The number of carbonyl (C=O) groups is 1. The Kier molecular flexibility index (Phi) is 3.85. The quantitative estimate of drug-likeness (QED) is 0.541. The number of piperidine rings is 1. The lowest BCUT2D eigenvalue weighted by Gasteiger charge is -2.26. The molecule has 3 heterocycles. The van der Waals surface area contributed by atoms with Crippen LogP contribution in [0.2, 0.25) is 0 Å². The van der Waals surface area contributed by atoms with Crippen LogP contribution in [-0.2, 0) is 0 Å². The Bertz CT molecular complexity index is 1130. The lowest BCUT2D eigenvalue weighted by Crippen LogP contribution is -2.35. The average molecular weight is 356 g/mol. The molecule has 2 aromatic heterocycles. The van der Waals surface area contributed by atoms with E-state index in [0.717, 1.165) is 53.9 Å². The summed E-state index contributed by atoms with van der Waals surface area (Å²) in [5.41, 5.74) is 5.14. The third-order valence-electron chi connectivity index (χ3n) is 5.26. The zero-order valence-electron chi connectivity index (χ0n) is 15.0. The van der Waals surface area contributed by atoms with Gasteiger partial charge in [-0.3, -0.25) is 9.20 Å². The van der Waals surface area contributed by atoms with Crippen molar-refractivity contribution < 1.29 is 4.79 Å². The molecule has 0 radical (unpaired) electrons. The third-order valence-corrected chi connectivity index (χ3v) is 5.26. The minimum atomic E-state index is 0.102. The van der Waals surface area contributed by atoms with Crippen molar-refractivity contribution in [3.05, 3.63) is 66.5 Å². The standard InChI is InChI=1S/C22H20N4O/c27-22(25-12-5-2-6-13-25)17-9-10-19-18(15-17)24-20(16-7-3-1-4-8-16)21-23-11-14-26(19)21/h1,3-4,7-11,14-15H,2,5-6,12-13H2. The summed E-state index contributed by atoms with van der Waals surface area (Å²) < 4.78 is 2.04. The van der Waals surface area contributed by atoms with Crippen LogP contribution in [0, 0.1) is 0 Å². The van der Waals surface area contributed by atoms with Gasteiger partial charge in [0.25, 0.3) is 5.91 Å². The van der Waals surface area contributed by atoms with Crippen LogP contribution in [0.15, 0.2) is 60.9 Å². The van der Waals surface area contributed by atoms with E-state index in [4.69, 9.17) is 4.98 Å². The molecular weight excluding hydrogens is 336 g/mol. The van der Waals surface area contributed by atoms with Crippen molar-refractivity contribution in [2.45, 2.75) is 19.3 Å². The van der Waals surface area contributed by atoms with E-state index in [1.807, 2.05) is 64.0 Å². The molecule has 0 spiro atoms. The number of fused-ring (bicyclic) bond motifs is 3. The van der Waals surface area contributed by atoms with Gasteiger partial charge < -0.3 is 4.90 Å². The molecule has 0 unspecified atom stereocenters. The summed E-state index contributed by atoms with van der Waals surface area (Å²) in [4.78, 5) is 24.2. The Morgan fingerprint density at radius 2 is 1.78 bits per heavy atom. The molecule has 27 heavy (non-hydrogen) atoms. The first-order chi connectivity index (χ1) is 13.3. The number of hydrogen-bond donors (Lipinski definition) is 0. The number of carbonyl (C=O) groups excluding carboxylic acids is 1. The predicted octanol–water partition coefficient (Wildman–Crippen LogP) is 4.18. The molecule has 4 aromatic rings. The fourth-order valence-corrected chi connectivity index (χ4v) is 3.86. The second kappa shape index (κ2) is 6.50. The minimum Gasteiger partial charge on any atom is -0.339 e. The van der Waals surface area contributed by atoms with E-state index < -0.39 is 0 Å². The van der Waals surface area contributed by atoms with E-state index >= 15 is 0 Å². The Balaban J connectivity index is 1.66. The highest BCUT2D eigenvalue weighted by Gasteiger charge is 2.19. The first-order valence-corrected chi connectivity index (χ1v) is 9.43. The first-order valence-electron chi connectivity index (χ1n) is 9.43. The van der Waals surface area contributed by atoms with Crippen LogP contribution in [0.3, 0.4) is 0 Å². The molecule has 5 rings (SSSR count). The van der Waals surface area contributed by atoms with Gasteiger partial charge >= 0.3 is 0 Å². The summed E-state index contributed by atoms with van der Waals surface area (Å²) in [6.07, 6.45) is 7.12. The fourth-order valence-electron chi connectivity index (χ4n) is 3.86. The molecule has 0 bridgehead atoms. The third kappa shape index (κ3) is 2.76. The Labute approximate surface area is 157 Å². The van der Waals surface area contributed by atoms with Gasteiger partial charge in [-0.25, -0.2) is 9.97 Å². The van der Waals surface area contributed by atoms with Crippen molar-refractivity contribution in [1.82, 2.24) is 19.3 Å². The lowest BCUT2D eigenvalue weighted by molar-refractivity contribution is 0.0724. The van der Waals surface area contributed by atoms with Gasteiger partial charge in [0.2, 0.25) is 0 Å². The van der Waals surface area contributed by atoms with Crippen molar-refractivity contribution in [2.75, 3.05) is 13.1 Å². The number of amides is 1. The van der Waals surface area contributed by atoms with Crippen LogP contribution in [0.5, 0.6) is 0 Å². The SMILES string of the molecule is O=C(c1ccc2c(c1)nc(-c1ccccc1)c1nccn12)N1CCCCC1. The summed E-state index contributed by atoms with van der Waals surface area (Å²) in [5, 5.41) is 0. The smallest absolute Gasteiger partial charge is 0.253 e. The number of likely N-dealkylation sites (tertiary alicyclic amines) is 1. The Morgan fingerprint density at radius 1 is 0.963 bits per heavy atom. The Morgan fingerprint density at radius 3 is 2.59 bits per heavy atom. The number of aromatic nitrogens is 3. The fraction of sp³-hybridized carbons (Fsp3) is 0.227. The summed E-state index contributed by atoms with van der Waals surface area (Å²) in [6, 6.07) is 15.8. The Hall–Kier alpha value is -3.21. The zero-order valence-corrected chi connectivity index (χ0v) is 15.0. The second-order valence-corrected chi connectivity index (χ2v) is 7.00. The van der Waals surface area contributed by atoms with Crippen LogP contribution in [-0.4, -0.2) is 38.3 Å². The van der Waals surface area contributed by atoms with Crippen molar-refractivity contribution in [2.24, 2.45) is 0 Å². The molecule has 1 saturated heterocycles. The van der Waals surface area contributed by atoms with E-state index in [1.54, 1.807) is 6.20 Å². The minimum absolute atomic E-state index is 0.102. The van der Waals surface area contributed by atoms with Crippen LogP contribution in [0.1, 0.15) is 29.6 Å². The number of imidazole rings is 1. The predicted molar refractivity (Wildman–Crippen MR) is 106 cm³/mol. The molecule has 1 aliphatic heterocycles. The summed E-state index contributed by atoms with van der Waals surface area (Å²) in [7, 11) is 0. The number of nitrogens with zero attached hydrogens (tertiary/aromatic N) is 4. The van der Waals surface area contributed by atoms with Gasteiger partial charge in [-0.2, -0.15) is 0 Å². The molecule has 1 aliphatic rings. The van der Waals surface area contributed by atoms with E-state index in [9.17, 15) is 4.79 Å². The highest BCUT2D eigenvalue weighted by Crippen LogP contribution is 2.26. The average Bonchev–Trinajstić information content (AvgIpc) is 3.23. The second-order valence-electron chi connectivity index (χ2n) is 7.00. The van der Waals surface area contributed by atoms with Crippen molar-refractivity contribution >= 4 is 22.6 Å². The van der Waals surface area contributed by atoms with Crippen LogP contribution < -0.4 is 0 Å². The van der Waals surface area contributed by atoms with Crippen LogP contribution >= 0.6 is 0 Å². The van der Waals surface area contributed by atoms with Gasteiger partial charge in [-0.1, -0.05) is 30.3 Å². The van der Waals surface area contributed by atoms with Crippen LogP contribution in [0.25, 0.3) is 27.9 Å².